The van der Waals surface area contributed by atoms with Gasteiger partial charge in [0.05, 0.1) is 6.61 Å². The fraction of sp³-hybridized carbons (Fsp3) is 0.625. The smallest absolute Gasteiger partial charge is 0.0613 e. The molecule has 1 aromatic rings. The Balaban J connectivity index is 2.26. The van der Waals surface area contributed by atoms with Crippen molar-refractivity contribution < 1.29 is 5.11 Å². The lowest BCUT2D eigenvalue weighted by molar-refractivity contribution is 0.154. The van der Waals surface area contributed by atoms with Crippen molar-refractivity contribution in [1.29, 1.82) is 0 Å². The minimum absolute atomic E-state index is 0.0801. The summed E-state index contributed by atoms with van der Waals surface area (Å²) >= 11 is 1.98. The van der Waals surface area contributed by atoms with Gasteiger partial charge in [0.2, 0.25) is 0 Å². The van der Waals surface area contributed by atoms with Crippen molar-refractivity contribution >= 4 is 11.8 Å². The second kappa shape index (κ2) is 8.62. The summed E-state index contributed by atoms with van der Waals surface area (Å²) in [7, 11) is 1.94. The number of thioether (sulfide) groups is 1. The van der Waals surface area contributed by atoms with Crippen LogP contribution in [0.25, 0.3) is 0 Å². The van der Waals surface area contributed by atoms with Gasteiger partial charge in [0, 0.05) is 11.3 Å². The molecule has 2 N–H and O–H groups in total. The van der Waals surface area contributed by atoms with Gasteiger partial charge in [-0.25, -0.2) is 0 Å². The summed E-state index contributed by atoms with van der Waals surface area (Å²) in [6.45, 7) is 4.53. The molecule has 0 saturated heterocycles. The second-order valence-corrected chi connectivity index (χ2v) is 6.23. The Morgan fingerprint density at radius 1 is 1.32 bits per heavy atom. The normalized spacial score (nSPS) is 14.3. The Morgan fingerprint density at radius 2 is 2.05 bits per heavy atom. The molecule has 0 aliphatic rings. The first-order chi connectivity index (χ1) is 9.17. The Hall–Kier alpha value is -0.510. The molecule has 0 saturated carbocycles. The maximum absolute atomic E-state index is 9.48. The number of likely N-dealkylation sites (N-methyl/N-ethyl adjacent to an activating group) is 1. The van der Waals surface area contributed by atoms with Gasteiger partial charge in [0.25, 0.3) is 0 Å². The maximum atomic E-state index is 9.48. The van der Waals surface area contributed by atoms with E-state index in [0.717, 1.165) is 30.8 Å². The van der Waals surface area contributed by atoms with Crippen LogP contribution in [0.15, 0.2) is 24.3 Å². The molecular weight excluding hydrogens is 254 g/mol. The molecule has 0 aromatic heterocycles. The first-order valence-electron chi connectivity index (χ1n) is 7.09. The van der Waals surface area contributed by atoms with Gasteiger partial charge in [-0.2, -0.15) is 11.8 Å². The van der Waals surface area contributed by atoms with Crippen molar-refractivity contribution in [2.45, 2.75) is 44.4 Å². The number of aliphatic hydroxyl groups is 1. The molecule has 0 aliphatic carbocycles. The molecule has 0 amide bonds. The van der Waals surface area contributed by atoms with Gasteiger partial charge in [0.15, 0.2) is 0 Å². The summed E-state index contributed by atoms with van der Waals surface area (Å²) < 4.78 is 0. The van der Waals surface area contributed by atoms with E-state index in [0.29, 0.717) is 0 Å². The molecule has 1 atom stereocenters. The Bertz CT molecular complexity index is 355. The van der Waals surface area contributed by atoms with Gasteiger partial charge < -0.3 is 10.4 Å². The molecule has 0 spiro atoms. The summed E-state index contributed by atoms with van der Waals surface area (Å²) in [6.07, 6.45) is 3.16. The zero-order valence-corrected chi connectivity index (χ0v) is 13.2. The third kappa shape index (κ3) is 5.17. The minimum Gasteiger partial charge on any atom is -0.394 e. The molecule has 1 aromatic carbocycles. The van der Waals surface area contributed by atoms with Crippen LogP contribution < -0.4 is 5.32 Å². The largest absolute Gasteiger partial charge is 0.394 e. The predicted octanol–water partition coefficient (Wildman–Crippen LogP) is 3.37. The van der Waals surface area contributed by atoms with E-state index in [1.165, 1.54) is 11.1 Å². The standard InChI is InChI=1S/C16H27NOS/c1-4-16(13-18,17-3)10-7-11-19-12-15-9-6-5-8-14(15)2/h5-6,8-9,17-18H,4,7,10-13H2,1-3H3. The zero-order valence-electron chi connectivity index (χ0n) is 12.4. The predicted molar refractivity (Wildman–Crippen MR) is 85.7 cm³/mol. The van der Waals surface area contributed by atoms with Gasteiger partial charge in [-0.1, -0.05) is 31.2 Å². The van der Waals surface area contributed by atoms with Crippen LogP contribution in [0.3, 0.4) is 0 Å². The summed E-state index contributed by atoms with van der Waals surface area (Å²) in [5, 5.41) is 12.8. The lowest BCUT2D eigenvalue weighted by Gasteiger charge is -2.30. The van der Waals surface area contributed by atoms with E-state index >= 15 is 0 Å². The SMILES string of the molecule is CCC(CO)(CCCSCc1ccccc1C)NC. The fourth-order valence-corrected chi connectivity index (χ4v) is 3.25. The van der Waals surface area contributed by atoms with Crippen molar-refractivity contribution in [2.24, 2.45) is 0 Å². The second-order valence-electron chi connectivity index (χ2n) is 5.12. The van der Waals surface area contributed by atoms with E-state index in [1.54, 1.807) is 0 Å². The van der Waals surface area contributed by atoms with Crippen LogP contribution in [0.1, 0.15) is 37.3 Å². The van der Waals surface area contributed by atoms with Gasteiger partial charge in [0.1, 0.15) is 0 Å². The van der Waals surface area contributed by atoms with E-state index in [2.05, 4.69) is 43.4 Å². The molecule has 1 rings (SSSR count). The third-order valence-electron chi connectivity index (χ3n) is 3.97. The van der Waals surface area contributed by atoms with E-state index in [9.17, 15) is 5.11 Å². The highest BCUT2D eigenvalue weighted by atomic mass is 32.2. The van der Waals surface area contributed by atoms with Crippen molar-refractivity contribution in [3.8, 4) is 0 Å². The number of benzene rings is 1. The average molecular weight is 281 g/mol. The minimum atomic E-state index is -0.0801. The van der Waals surface area contributed by atoms with Crippen molar-refractivity contribution in [2.75, 3.05) is 19.4 Å². The summed E-state index contributed by atoms with van der Waals surface area (Å²) in [5.74, 6) is 2.24. The van der Waals surface area contributed by atoms with Crippen molar-refractivity contribution in [3.63, 3.8) is 0 Å². The van der Waals surface area contributed by atoms with Crippen molar-refractivity contribution in [3.05, 3.63) is 35.4 Å². The lowest BCUT2D eigenvalue weighted by atomic mass is 9.92. The number of rotatable bonds is 9. The van der Waals surface area contributed by atoms with Crippen LogP contribution in [0.4, 0.5) is 0 Å². The van der Waals surface area contributed by atoms with Crippen LogP contribution in [-0.2, 0) is 5.75 Å². The Labute approximate surface area is 122 Å². The monoisotopic (exact) mass is 281 g/mol. The third-order valence-corrected chi connectivity index (χ3v) is 5.07. The summed E-state index contributed by atoms with van der Waals surface area (Å²) in [4.78, 5) is 0. The highest BCUT2D eigenvalue weighted by Crippen LogP contribution is 2.21. The van der Waals surface area contributed by atoms with Gasteiger partial charge in [-0.05, 0) is 50.1 Å². The van der Waals surface area contributed by atoms with E-state index < -0.39 is 0 Å². The Morgan fingerprint density at radius 3 is 2.63 bits per heavy atom. The Kier molecular flexibility index (Phi) is 7.51. The number of hydrogen-bond acceptors (Lipinski definition) is 3. The zero-order chi connectivity index (χ0) is 14.1. The van der Waals surface area contributed by atoms with Crippen LogP contribution in [0.5, 0.6) is 0 Å². The van der Waals surface area contributed by atoms with E-state index in [1.807, 2.05) is 18.8 Å². The van der Waals surface area contributed by atoms with Crippen molar-refractivity contribution in [1.82, 2.24) is 5.32 Å². The summed E-state index contributed by atoms with van der Waals surface area (Å²) in [6, 6.07) is 8.58. The maximum Gasteiger partial charge on any atom is 0.0613 e. The number of aliphatic hydroxyl groups excluding tert-OH is 1. The topological polar surface area (TPSA) is 32.3 Å². The van der Waals surface area contributed by atoms with E-state index in [-0.39, 0.29) is 12.1 Å². The first-order valence-corrected chi connectivity index (χ1v) is 8.25. The van der Waals surface area contributed by atoms with Gasteiger partial charge in [-0.15, -0.1) is 0 Å². The molecule has 1 unspecified atom stereocenters. The van der Waals surface area contributed by atoms with Gasteiger partial charge >= 0.3 is 0 Å². The van der Waals surface area contributed by atoms with Crippen LogP contribution in [0.2, 0.25) is 0 Å². The molecule has 0 radical (unpaired) electrons. The highest BCUT2D eigenvalue weighted by Gasteiger charge is 2.23. The van der Waals surface area contributed by atoms with Gasteiger partial charge in [-0.3, -0.25) is 0 Å². The molecule has 2 nitrogen and oxygen atoms in total. The van der Waals surface area contributed by atoms with Crippen LogP contribution in [0, 0.1) is 6.92 Å². The highest BCUT2D eigenvalue weighted by molar-refractivity contribution is 7.98. The lowest BCUT2D eigenvalue weighted by Crippen LogP contribution is -2.45. The number of hydrogen-bond donors (Lipinski definition) is 2. The number of aryl methyl sites for hydroxylation is 1. The van der Waals surface area contributed by atoms with E-state index in [4.69, 9.17) is 0 Å². The molecular formula is C16H27NOS. The molecule has 0 heterocycles. The summed E-state index contributed by atoms with van der Waals surface area (Å²) in [5.41, 5.74) is 2.73. The average Bonchev–Trinajstić information content (AvgIpc) is 2.45. The molecule has 0 fully saturated rings. The molecule has 108 valence electrons. The van der Waals surface area contributed by atoms with Crippen LogP contribution >= 0.6 is 11.8 Å². The first kappa shape index (κ1) is 16.5. The molecule has 19 heavy (non-hydrogen) atoms. The molecule has 0 aliphatic heterocycles. The molecule has 3 heteroatoms. The van der Waals surface area contributed by atoms with Crippen LogP contribution in [-0.4, -0.2) is 30.1 Å². The fourth-order valence-electron chi connectivity index (χ4n) is 2.22. The number of nitrogens with one attached hydrogen (secondary N) is 1. The quantitative estimate of drug-likeness (QED) is 0.681. The molecule has 0 bridgehead atoms.